The number of nitrogens with two attached hydrogens (primary N) is 1. The maximum atomic E-state index is 5.27. The van der Waals surface area contributed by atoms with Crippen LogP contribution >= 0.6 is 0 Å². The third kappa shape index (κ3) is 1.91. The summed E-state index contributed by atoms with van der Waals surface area (Å²) in [6.07, 6.45) is 0.267. The largest absolute Gasteiger partial charge is 0.379 e. The van der Waals surface area contributed by atoms with E-state index in [-0.39, 0.29) is 6.17 Å². The molecule has 1 atom stereocenters. The van der Waals surface area contributed by atoms with Gasteiger partial charge in [0.1, 0.15) is 0 Å². The van der Waals surface area contributed by atoms with E-state index in [1.165, 1.54) is 0 Å². The van der Waals surface area contributed by atoms with Crippen LogP contribution in [0.4, 0.5) is 0 Å². The molecule has 4 heteroatoms. The van der Waals surface area contributed by atoms with Gasteiger partial charge in [0.25, 0.3) is 0 Å². The molecule has 1 rings (SSSR count). The topological polar surface area (TPSA) is 50.5 Å². The summed E-state index contributed by atoms with van der Waals surface area (Å²) in [5, 5.41) is 0. The van der Waals surface area contributed by atoms with Crippen LogP contribution in [-0.4, -0.2) is 37.4 Å². The normalized spacial score (nSPS) is 24.6. The second-order valence-corrected chi connectivity index (χ2v) is 2.49. The first-order chi connectivity index (χ1) is 4.84. The summed E-state index contributed by atoms with van der Waals surface area (Å²) in [7, 11) is 0. The Balaban J connectivity index is 2.24. The molecule has 0 radical (unpaired) electrons. The number of hydrogen-bond donors (Lipinski definition) is 2. The third-order valence-electron chi connectivity index (χ3n) is 1.83. The molecule has 1 saturated heterocycles. The predicted molar refractivity (Wildman–Crippen MR) is 39.2 cm³/mol. The summed E-state index contributed by atoms with van der Waals surface area (Å²) in [5.74, 6) is 5.27. The van der Waals surface area contributed by atoms with Crippen LogP contribution in [0.5, 0.6) is 0 Å². The minimum atomic E-state index is 0.267. The van der Waals surface area contributed by atoms with Crippen LogP contribution in [0, 0.1) is 0 Å². The molecule has 0 saturated carbocycles. The maximum Gasteiger partial charge on any atom is 0.0699 e. The summed E-state index contributed by atoms with van der Waals surface area (Å²) in [4.78, 5) is 2.25. The van der Waals surface area contributed by atoms with Crippen LogP contribution in [0.25, 0.3) is 0 Å². The van der Waals surface area contributed by atoms with Gasteiger partial charge in [-0.1, -0.05) is 0 Å². The van der Waals surface area contributed by atoms with Crippen molar-refractivity contribution < 1.29 is 4.74 Å². The van der Waals surface area contributed by atoms with Gasteiger partial charge in [-0.15, -0.1) is 0 Å². The number of nitrogens with zero attached hydrogens (tertiary/aromatic N) is 1. The minimum absolute atomic E-state index is 0.267. The van der Waals surface area contributed by atoms with Crippen molar-refractivity contribution in [2.45, 2.75) is 13.1 Å². The summed E-state index contributed by atoms with van der Waals surface area (Å²) < 4.78 is 5.18. The highest BCUT2D eigenvalue weighted by Crippen LogP contribution is 1.99. The molecule has 0 spiro atoms. The summed E-state index contributed by atoms with van der Waals surface area (Å²) >= 11 is 0. The van der Waals surface area contributed by atoms with Gasteiger partial charge >= 0.3 is 0 Å². The fourth-order valence-electron chi connectivity index (χ4n) is 1.07. The monoisotopic (exact) mass is 145 g/mol. The van der Waals surface area contributed by atoms with Crippen molar-refractivity contribution in [3.05, 3.63) is 0 Å². The van der Waals surface area contributed by atoms with Gasteiger partial charge in [-0.25, -0.2) is 5.43 Å². The molecular formula is C6H15N3O. The number of morpholine rings is 1. The van der Waals surface area contributed by atoms with E-state index in [4.69, 9.17) is 10.6 Å². The maximum absolute atomic E-state index is 5.27. The highest BCUT2D eigenvalue weighted by atomic mass is 16.5. The molecule has 10 heavy (non-hydrogen) atoms. The standard InChI is InChI=1S/C6H15N3O/c1-6(8-7)9-2-4-10-5-3-9/h6,8H,2-5,7H2,1H3. The molecule has 1 unspecified atom stereocenters. The second-order valence-electron chi connectivity index (χ2n) is 2.49. The highest BCUT2D eigenvalue weighted by Gasteiger charge is 2.14. The Morgan fingerprint density at radius 3 is 2.60 bits per heavy atom. The zero-order valence-electron chi connectivity index (χ0n) is 6.34. The van der Waals surface area contributed by atoms with Crippen molar-refractivity contribution >= 4 is 0 Å². The number of hydrazine groups is 1. The zero-order chi connectivity index (χ0) is 7.40. The van der Waals surface area contributed by atoms with Gasteiger partial charge in [-0.05, 0) is 6.92 Å². The summed E-state index contributed by atoms with van der Waals surface area (Å²) in [6.45, 7) is 5.65. The molecule has 0 amide bonds. The van der Waals surface area contributed by atoms with Gasteiger partial charge in [0.05, 0.1) is 19.4 Å². The van der Waals surface area contributed by atoms with E-state index in [9.17, 15) is 0 Å². The Kier molecular flexibility index (Phi) is 3.08. The van der Waals surface area contributed by atoms with Crippen molar-refractivity contribution in [2.24, 2.45) is 5.84 Å². The van der Waals surface area contributed by atoms with Gasteiger partial charge in [-0.2, -0.15) is 0 Å². The molecule has 4 nitrogen and oxygen atoms in total. The van der Waals surface area contributed by atoms with Gasteiger partial charge in [0, 0.05) is 13.1 Å². The van der Waals surface area contributed by atoms with Crippen LogP contribution in [0.2, 0.25) is 0 Å². The van der Waals surface area contributed by atoms with Crippen LogP contribution < -0.4 is 11.3 Å². The average Bonchev–Trinajstić information content (AvgIpc) is 2.05. The van der Waals surface area contributed by atoms with Crippen molar-refractivity contribution in [3.8, 4) is 0 Å². The Bertz CT molecular complexity index is 93.0. The predicted octanol–water partition coefficient (Wildman–Crippen LogP) is -0.872. The molecule has 1 heterocycles. The van der Waals surface area contributed by atoms with E-state index < -0.39 is 0 Å². The van der Waals surface area contributed by atoms with Crippen LogP contribution in [0.1, 0.15) is 6.92 Å². The SMILES string of the molecule is CC(NN)N1CCOCC1. The van der Waals surface area contributed by atoms with Gasteiger partial charge in [-0.3, -0.25) is 10.7 Å². The average molecular weight is 145 g/mol. The molecule has 1 aliphatic heterocycles. The smallest absolute Gasteiger partial charge is 0.0699 e. The van der Waals surface area contributed by atoms with Crippen molar-refractivity contribution in [2.75, 3.05) is 26.3 Å². The quantitative estimate of drug-likeness (QED) is 0.392. The number of rotatable bonds is 2. The van der Waals surface area contributed by atoms with Gasteiger partial charge < -0.3 is 4.74 Å². The zero-order valence-corrected chi connectivity index (χ0v) is 6.34. The Labute approximate surface area is 61.3 Å². The number of ether oxygens (including phenoxy) is 1. The first-order valence-corrected chi connectivity index (χ1v) is 3.62. The fourth-order valence-corrected chi connectivity index (χ4v) is 1.07. The third-order valence-corrected chi connectivity index (χ3v) is 1.83. The number of hydrogen-bond acceptors (Lipinski definition) is 4. The van der Waals surface area contributed by atoms with Gasteiger partial charge in [0.2, 0.25) is 0 Å². The molecule has 0 aromatic rings. The summed E-state index contributed by atoms with van der Waals surface area (Å²) in [5.41, 5.74) is 2.70. The molecule has 0 aromatic heterocycles. The first-order valence-electron chi connectivity index (χ1n) is 3.62. The van der Waals surface area contributed by atoms with E-state index in [0.29, 0.717) is 0 Å². The Morgan fingerprint density at radius 1 is 1.50 bits per heavy atom. The Morgan fingerprint density at radius 2 is 2.10 bits per heavy atom. The fraction of sp³-hybridized carbons (Fsp3) is 1.00. The van der Waals surface area contributed by atoms with Crippen LogP contribution in [-0.2, 0) is 4.74 Å². The van der Waals surface area contributed by atoms with Gasteiger partial charge in [0.15, 0.2) is 0 Å². The first kappa shape index (κ1) is 7.94. The van der Waals surface area contributed by atoms with Crippen molar-refractivity contribution in [1.82, 2.24) is 10.3 Å². The molecular weight excluding hydrogens is 130 g/mol. The molecule has 60 valence electrons. The van der Waals surface area contributed by atoms with E-state index in [2.05, 4.69) is 10.3 Å². The molecule has 0 aromatic carbocycles. The lowest BCUT2D eigenvalue weighted by molar-refractivity contribution is 0.0132. The lowest BCUT2D eigenvalue weighted by atomic mass is 10.4. The van der Waals surface area contributed by atoms with E-state index in [1.54, 1.807) is 0 Å². The minimum Gasteiger partial charge on any atom is -0.379 e. The van der Waals surface area contributed by atoms with Crippen LogP contribution in [0.15, 0.2) is 0 Å². The molecule has 3 N–H and O–H groups in total. The lowest BCUT2D eigenvalue weighted by Crippen LogP contribution is -2.51. The van der Waals surface area contributed by atoms with Crippen LogP contribution in [0.3, 0.4) is 0 Å². The molecule has 1 aliphatic rings. The van der Waals surface area contributed by atoms with Crippen molar-refractivity contribution in [3.63, 3.8) is 0 Å². The summed E-state index contributed by atoms with van der Waals surface area (Å²) in [6, 6.07) is 0. The van der Waals surface area contributed by atoms with E-state index in [1.807, 2.05) is 6.92 Å². The lowest BCUT2D eigenvalue weighted by Gasteiger charge is -2.31. The second kappa shape index (κ2) is 3.88. The molecule has 1 fully saturated rings. The van der Waals surface area contributed by atoms with E-state index in [0.717, 1.165) is 26.3 Å². The van der Waals surface area contributed by atoms with E-state index >= 15 is 0 Å². The highest BCUT2D eigenvalue weighted by molar-refractivity contribution is 4.65. The number of nitrogens with one attached hydrogen (secondary N) is 1. The van der Waals surface area contributed by atoms with Crippen molar-refractivity contribution in [1.29, 1.82) is 0 Å². The molecule has 0 aliphatic carbocycles. The molecule has 0 bridgehead atoms. The Hall–Kier alpha value is -0.160.